The molecule has 0 spiro atoms. The predicted molar refractivity (Wildman–Crippen MR) is 148 cm³/mol. The van der Waals surface area contributed by atoms with Gasteiger partial charge in [0.25, 0.3) is 0 Å². The van der Waals surface area contributed by atoms with Crippen molar-refractivity contribution in [2.75, 3.05) is 5.01 Å². The summed E-state index contributed by atoms with van der Waals surface area (Å²) in [4.78, 5) is 4.37. The highest BCUT2D eigenvalue weighted by molar-refractivity contribution is 6.03. The maximum absolute atomic E-state index is 12.7. The first-order chi connectivity index (χ1) is 18.4. The minimum atomic E-state index is -0.227. The maximum atomic E-state index is 12.7. The van der Waals surface area contributed by atoms with Crippen molar-refractivity contribution >= 4 is 11.4 Å². The van der Waals surface area contributed by atoms with Gasteiger partial charge in [0, 0.05) is 12.1 Å². The molecule has 2 aromatic heterocycles. The van der Waals surface area contributed by atoms with Crippen molar-refractivity contribution in [3.8, 4) is 5.69 Å². The summed E-state index contributed by atoms with van der Waals surface area (Å²) in [5.41, 5.74) is 8.61. The topological polar surface area (TPSA) is 59.5 Å². The van der Waals surface area contributed by atoms with Gasteiger partial charge in [-0.25, -0.2) is 14.1 Å². The SMILES string of the molecule is Cc1cc(C)cc(N2N=C(c3ccccc3)CC2c2ncco2)c1.Cc1cc(C)n(-c2ccc(F)cc2)n1. The first-order valence-electron chi connectivity index (χ1n) is 12.6. The van der Waals surface area contributed by atoms with Gasteiger partial charge in [-0.2, -0.15) is 10.2 Å². The van der Waals surface area contributed by atoms with Gasteiger partial charge in [0.1, 0.15) is 18.1 Å². The molecule has 1 unspecified atom stereocenters. The van der Waals surface area contributed by atoms with Gasteiger partial charge in [-0.3, -0.25) is 5.01 Å². The van der Waals surface area contributed by atoms with Crippen molar-refractivity contribution in [3.05, 3.63) is 131 Å². The largest absolute Gasteiger partial charge is 0.447 e. The lowest BCUT2D eigenvalue weighted by atomic mass is 10.0. The fourth-order valence-corrected chi connectivity index (χ4v) is 4.70. The van der Waals surface area contributed by atoms with Gasteiger partial charge < -0.3 is 4.42 Å². The molecular formula is C31H30FN5O. The van der Waals surface area contributed by atoms with Crippen LogP contribution in [0.5, 0.6) is 0 Å². The number of halogens is 1. The molecule has 5 aromatic rings. The monoisotopic (exact) mass is 507 g/mol. The van der Waals surface area contributed by atoms with E-state index >= 15 is 0 Å². The molecule has 0 saturated heterocycles. The molecular weight excluding hydrogens is 477 g/mol. The van der Waals surface area contributed by atoms with E-state index in [1.54, 1.807) is 29.3 Å². The number of nitrogens with zero attached hydrogens (tertiary/aromatic N) is 5. The van der Waals surface area contributed by atoms with Crippen LogP contribution in [0.4, 0.5) is 10.1 Å². The number of benzene rings is 3. The van der Waals surface area contributed by atoms with Crippen molar-refractivity contribution in [1.29, 1.82) is 0 Å². The van der Waals surface area contributed by atoms with Gasteiger partial charge in [0.05, 0.1) is 29.0 Å². The van der Waals surface area contributed by atoms with Crippen LogP contribution in [0.2, 0.25) is 0 Å². The highest BCUT2D eigenvalue weighted by Gasteiger charge is 2.33. The third kappa shape index (κ3) is 5.57. The first-order valence-corrected chi connectivity index (χ1v) is 12.6. The van der Waals surface area contributed by atoms with E-state index in [1.165, 1.54) is 23.3 Å². The van der Waals surface area contributed by atoms with Crippen LogP contribution in [-0.2, 0) is 0 Å². The number of hydrazone groups is 1. The molecule has 6 nitrogen and oxygen atoms in total. The van der Waals surface area contributed by atoms with E-state index in [-0.39, 0.29) is 11.9 Å². The molecule has 7 heteroatoms. The molecule has 0 N–H and O–H groups in total. The van der Waals surface area contributed by atoms with Crippen molar-refractivity contribution in [3.63, 3.8) is 0 Å². The minimum Gasteiger partial charge on any atom is -0.447 e. The van der Waals surface area contributed by atoms with Crippen LogP contribution < -0.4 is 5.01 Å². The van der Waals surface area contributed by atoms with E-state index in [0.29, 0.717) is 5.89 Å². The van der Waals surface area contributed by atoms with Crippen LogP contribution in [0, 0.1) is 33.5 Å². The lowest BCUT2D eigenvalue weighted by Gasteiger charge is -2.22. The lowest BCUT2D eigenvalue weighted by molar-refractivity contribution is 0.449. The number of hydrogen-bond donors (Lipinski definition) is 0. The maximum Gasteiger partial charge on any atom is 0.219 e. The highest BCUT2D eigenvalue weighted by Crippen LogP contribution is 2.36. The van der Waals surface area contributed by atoms with Crippen molar-refractivity contribution < 1.29 is 8.81 Å². The average Bonchev–Trinajstić information content (AvgIpc) is 3.65. The molecule has 1 atom stereocenters. The second-order valence-corrected chi connectivity index (χ2v) is 9.51. The molecule has 0 amide bonds. The molecule has 192 valence electrons. The van der Waals surface area contributed by atoms with E-state index in [0.717, 1.165) is 40.5 Å². The molecule has 3 aromatic carbocycles. The molecule has 3 heterocycles. The summed E-state index contributed by atoms with van der Waals surface area (Å²) in [5.74, 6) is 0.471. The van der Waals surface area contributed by atoms with Crippen LogP contribution in [0.15, 0.2) is 101 Å². The molecule has 0 fully saturated rings. The fraction of sp³-hybridized carbons (Fsp3) is 0.194. The molecule has 1 aliphatic heterocycles. The summed E-state index contributed by atoms with van der Waals surface area (Å²) >= 11 is 0. The Morgan fingerprint density at radius 2 is 1.55 bits per heavy atom. The molecule has 1 aliphatic rings. The smallest absolute Gasteiger partial charge is 0.219 e. The molecule has 38 heavy (non-hydrogen) atoms. The number of aryl methyl sites for hydroxylation is 4. The molecule has 6 rings (SSSR count). The molecule has 0 radical (unpaired) electrons. The third-order valence-electron chi connectivity index (χ3n) is 6.31. The zero-order valence-corrected chi connectivity index (χ0v) is 22.0. The van der Waals surface area contributed by atoms with Gasteiger partial charge in [-0.1, -0.05) is 36.4 Å². The van der Waals surface area contributed by atoms with E-state index in [4.69, 9.17) is 9.52 Å². The van der Waals surface area contributed by atoms with Gasteiger partial charge in [-0.15, -0.1) is 0 Å². The number of hydrogen-bond acceptors (Lipinski definition) is 5. The predicted octanol–water partition coefficient (Wildman–Crippen LogP) is 7.28. The van der Waals surface area contributed by atoms with Crippen LogP contribution in [-0.4, -0.2) is 20.5 Å². The zero-order valence-electron chi connectivity index (χ0n) is 22.0. The quantitative estimate of drug-likeness (QED) is 0.257. The Bertz CT molecular complexity index is 1520. The zero-order chi connectivity index (χ0) is 26.6. The third-order valence-corrected chi connectivity index (χ3v) is 6.31. The van der Waals surface area contributed by atoms with Crippen molar-refractivity contribution in [2.45, 2.75) is 40.2 Å². The van der Waals surface area contributed by atoms with Crippen LogP contribution in [0.1, 0.15) is 46.4 Å². The first kappa shape index (κ1) is 25.1. The van der Waals surface area contributed by atoms with Gasteiger partial charge in [-0.05, 0) is 86.8 Å². The van der Waals surface area contributed by atoms with Gasteiger partial charge in [0.15, 0.2) is 0 Å². The van der Waals surface area contributed by atoms with E-state index in [9.17, 15) is 4.39 Å². The molecule has 0 bridgehead atoms. The number of rotatable bonds is 4. The van der Waals surface area contributed by atoms with E-state index < -0.39 is 0 Å². The second kappa shape index (κ2) is 10.8. The van der Waals surface area contributed by atoms with Crippen molar-refractivity contribution in [2.24, 2.45) is 5.10 Å². The second-order valence-electron chi connectivity index (χ2n) is 9.51. The Morgan fingerprint density at radius 1 is 0.842 bits per heavy atom. The standard InChI is InChI=1S/C20H19N3O.C11H11FN2/c1-14-10-15(2)12-17(11-14)23-19(20-21-8-9-24-20)13-18(22-23)16-6-4-3-5-7-16;1-8-7-9(2)14(13-8)11-5-3-10(12)4-6-11/h3-12,19H,13H2,1-2H3;3-7H,1-2H3. The average molecular weight is 508 g/mol. The number of aromatic nitrogens is 3. The molecule has 0 saturated carbocycles. The Morgan fingerprint density at radius 3 is 2.16 bits per heavy atom. The Balaban J connectivity index is 0.000000179. The van der Waals surface area contributed by atoms with Crippen LogP contribution >= 0.6 is 0 Å². The fourth-order valence-electron chi connectivity index (χ4n) is 4.70. The van der Waals surface area contributed by atoms with Crippen LogP contribution in [0.3, 0.4) is 0 Å². The van der Waals surface area contributed by atoms with Gasteiger partial charge in [0.2, 0.25) is 5.89 Å². The normalized spacial score (nSPS) is 14.7. The summed E-state index contributed by atoms with van der Waals surface area (Å²) < 4.78 is 20.1. The number of oxazole rings is 1. The lowest BCUT2D eigenvalue weighted by Crippen LogP contribution is -2.19. The van der Waals surface area contributed by atoms with Crippen molar-refractivity contribution in [1.82, 2.24) is 14.8 Å². The summed E-state index contributed by atoms with van der Waals surface area (Å²) in [6, 6.07) is 25.0. The van der Waals surface area contributed by atoms with E-state index in [1.807, 2.05) is 43.1 Å². The molecule has 0 aliphatic carbocycles. The van der Waals surface area contributed by atoms with Crippen LogP contribution in [0.25, 0.3) is 5.69 Å². The summed E-state index contributed by atoms with van der Waals surface area (Å²) in [5, 5.41) is 11.2. The van der Waals surface area contributed by atoms with Gasteiger partial charge >= 0.3 is 0 Å². The minimum absolute atomic E-state index is 0.0172. The number of anilines is 1. The summed E-state index contributed by atoms with van der Waals surface area (Å²) in [6.07, 6.45) is 4.09. The summed E-state index contributed by atoms with van der Waals surface area (Å²) in [6.45, 7) is 8.12. The highest BCUT2D eigenvalue weighted by atomic mass is 19.1. The Hall–Kier alpha value is -4.52. The Labute approximate surface area is 222 Å². The summed E-state index contributed by atoms with van der Waals surface area (Å²) in [7, 11) is 0. The Kier molecular flexibility index (Phi) is 7.18. The van der Waals surface area contributed by atoms with E-state index in [2.05, 4.69) is 54.3 Å².